The molecule has 2 aromatic rings. The van der Waals surface area contributed by atoms with Crippen molar-refractivity contribution in [3.05, 3.63) is 74.7 Å². The largest absolute Gasteiger partial charge is 0.452 e. The van der Waals surface area contributed by atoms with Gasteiger partial charge in [-0.3, -0.25) is 14.4 Å². The molecule has 2 aromatic carbocycles. The number of hydrogen-bond donors (Lipinski definition) is 2. The van der Waals surface area contributed by atoms with Crippen molar-refractivity contribution in [1.29, 1.82) is 0 Å². The lowest BCUT2D eigenvalue weighted by molar-refractivity contribution is -0.175. The van der Waals surface area contributed by atoms with Crippen LogP contribution in [0.1, 0.15) is 25.0 Å². The summed E-state index contributed by atoms with van der Waals surface area (Å²) in [6.45, 7) is 2.75. The number of amides is 2. The van der Waals surface area contributed by atoms with Crippen LogP contribution in [0.5, 0.6) is 0 Å². The first-order valence-corrected chi connectivity index (χ1v) is 11.5. The van der Waals surface area contributed by atoms with E-state index in [0.717, 1.165) is 6.08 Å². The fourth-order valence-corrected chi connectivity index (χ4v) is 3.60. The lowest BCUT2D eigenvalue weighted by Crippen LogP contribution is -2.55. The zero-order valence-electron chi connectivity index (χ0n) is 18.6. The van der Waals surface area contributed by atoms with E-state index in [0.29, 0.717) is 21.2 Å². The van der Waals surface area contributed by atoms with Crippen LogP contribution in [-0.4, -0.2) is 35.9 Å². The first-order valence-electron chi connectivity index (χ1n) is 10.4. The van der Waals surface area contributed by atoms with Gasteiger partial charge in [-0.05, 0) is 47.4 Å². The number of carbonyl (C=O) groups is 3. The number of halogens is 6. The molecule has 0 unspecified atom stereocenters. The number of Topliss-reactive ketones (excluding diaryl/α,β-unsaturated/α-hetero) is 1. The van der Waals surface area contributed by atoms with Gasteiger partial charge in [-0.1, -0.05) is 66.8 Å². The Kier molecular flexibility index (Phi) is 10.2. The average Bonchev–Trinajstić information content (AvgIpc) is 2.76. The molecule has 2 N–H and O–H groups in total. The number of benzene rings is 2. The van der Waals surface area contributed by atoms with Crippen LogP contribution in [0, 0.1) is 5.92 Å². The zero-order chi connectivity index (χ0) is 26.3. The Morgan fingerprint density at radius 2 is 1.66 bits per heavy atom. The second-order valence-corrected chi connectivity index (χ2v) is 9.25. The molecule has 0 bridgehead atoms. The van der Waals surface area contributed by atoms with Crippen LogP contribution in [0.4, 0.5) is 13.2 Å². The van der Waals surface area contributed by atoms with E-state index in [-0.39, 0.29) is 11.4 Å². The molecule has 0 radical (unpaired) electrons. The van der Waals surface area contributed by atoms with Gasteiger partial charge in [-0.2, -0.15) is 13.2 Å². The molecule has 0 saturated carbocycles. The summed E-state index contributed by atoms with van der Waals surface area (Å²) in [6.07, 6.45) is -2.64. The second-order valence-electron chi connectivity index (χ2n) is 7.99. The van der Waals surface area contributed by atoms with Crippen LogP contribution in [0.2, 0.25) is 15.1 Å². The predicted octanol–water partition coefficient (Wildman–Crippen LogP) is 5.66. The Labute approximate surface area is 215 Å². The van der Waals surface area contributed by atoms with E-state index in [1.165, 1.54) is 26.0 Å². The maximum Gasteiger partial charge on any atom is 0.452 e. The molecule has 188 valence electrons. The predicted molar refractivity (Wildman–Crippen MR) is 130 cm³/mol. The van der Waals surface area contributed by atoms with Crippen molar-refractivity contribution in [3.63, 3.8) is 0 Å². The van der Waals surface area contributed by atoms with Crippen LogP contribution in [-0.2, 0) is 20.8 Å². The van der Waals surface area contributed by atoms with Gasteiger partial charge in [-0.25, -0.2) is 0 Å². The Bertz CT molecular complexity index is 1120. The minimum Gasteiger partial charge on any atom is -0.344 e. The van der Waals surface area contributed by atoms with Crippen molar-refractivity contribution in [2.24, 2.45) is 5.92 Å². The first kappa shape index (κ1) is 28.7. The van der Waals surface area contributed by atoms with Crippen LogP contribution in [0.3, 0.4) is 0 Å². The third kappa shape index (κ3) is 8.87. The summed E-state index contributed by atoms with van der Waals surface area (Å²) >= 11 is 17.8. The van der Waals surface area contributed by atoms with E-state index in [1.54, 1.807) is 36.4 Å². The highest BCUT2D eigenvalue weighted by atomic mass is 35.5. The van der Waals surface area contributed by atoms with Crippen molar-refractivity contribution in [2.45, 2.75) is 38.5 Å². The molecule has 0 aliphatic rings. The third-order valence-corrected chi connectivity index (χ3v) is 5.83. The van der Waals surface area contributed by atoms with E-state index in [4.69, 9.17) is 34.8 Å². The fourth-order valence-electron chi connectivity index (χ4n) is 3.08. The van der Waals surface area contributed by atoms with Gasteiger partial charge < -0.3 is 10.6 Å². The van der Waals surface area contributed by atoms with Crippen LogP contribution in [0.15, 0.2) is 48.5 Å². The molecule has 0 saturated heterocycles. The average molecular weight is 550 g/mol. The summed E-state index contributed by atoms with van der Waals surface area (Å²) in [7, 11) is 0. The normalized spacial score (nSPS) is 13.5. The molecule has 2 amide bonds. The third-order valence-electron chi connectivity index (χ3n) is 4.86. The summed E-state index contributed by atoms with van der Waals surface area (Å²) in [5.74, 6) is -4.56. The Hall–Kier alpha value is -2.55. The minimum atomic E-state index is -5.13. The van der Waals surface area contributed by atoms with Gasteiger partial charge in [0.15, 0.2) is 0 Å². The lowest BCUT2D eigenvalue weighted by atomic mass is 9.98. The summed E-state index contributed by atoms with van der Waals surface area (Å²) in [5, 5.41) is 5.60. The van der Waals surface area contributed by atoms with Crippen molar-refractivity contribution in [1.82, 2.24) is 10.6 Å². The number of nitrogens with one attached hydrogen (secondary N) is 2. The molecule has 35 heavy (non-hydrogen) atoms. The van der Waals surface area contributed by atoms with Gasteiger partial charge in [0.25, 0.3) is 5.78 Å². The van der Waals surface area contributed by atoms with Crippen molar-refractivity contribution >= 4 is 58.5 Å². The molecule has 2 rings (SSSR count). The molecule has 0 aromatic heterocycles. The first-order chi connectivity index (χ1) is 16.3. The summed E-state index contributed by atoms with van der Waals surface area (Å²) in [6, 6.07) is 8.02. The van der Waals surface area contributed by atoms with Gasteiger partial charge in [-0.15, -0.1) is 0 Å². The molecule has 11 heteroatoms. The van der Waals surface area contributed by atoms with Crippen LogP contribution in [0.25, 0.3) is 6.08 Å². The summed E-state index contributed by atoms with van der Waals surface area (Å²) in [5.41, 5.74) is 1.11. The van der Waals surface area contributed by atoms with Gasteiger partial charge in [0.1, 0.15) is 6.04 Å². The molecular formula is C24H22Cl3F3N2O3. The quantitative estimate of drug-likeness (QED) is 0.397. The van der Waals surface area contributed by atoms with Gasteiger partial charge in [0.05, 0.1) is 16.1 Å². The highest BCUT2D eigenvalue weighted by Gasteiger charge is 2.45. The topological polar surface area (TPSA) is 75.3 Å². The van der Waals surface area contributed by atoms with Crippen molar-refractivity contribution in [2.75, 3.05) is 0 Å². The number of alkyl halides is 3. The van der Waals surface area contributed by atoms with Gasteiger partial charge in [0, 0.05) is 17.5 Å². The number of rotatable bonds is 9. The summed E-state index contributed by atoms with van der Waals surface area (Å²) < 4.78 is 39.0. The smallest absolute Gasteiger partial charge is 0.344 e. The SMILES string of the molecule is CC(C)[C@H](NC(=O)[C@H](Cc1cccc(Cl)c1)NC(=O)C=Cc1ccc(Cl)c(Cl)c1)C(=O)C(F)(F)F. The molecule has 0 aliphatic carbocycles. The minimum absolute atomic E-state index is 0.0796. The van der Waals surface area contributed by atoms with E-state index in [9.17, 15) is 27.6 Å². The van der Waals surface area contributed by atoms with Crippen LogP contribution < -0.4 is 10.6 Å². The Morgan fingerprint density at radius 3 is 2.23 bits per heavy atom. The molecule has 0 fully saturated rings. The molecule has 0 aliphatic heterocycles. The molecule has 2 atom stereocenters. The lowest BCUT2D eigenvalue weighted by Gasteiger charge is -2.25. The number of ketones is 1. The molecule has 0 heterocycles. The highest BCUT2D eigenvalue weighted by molar-refractivity contribution is 6.42. The number of hydrogen-bond acceptors (Lipinski definition) is 3. The monoisotopic (exact) mass is 548 g/mol. The standard InChI is InChI=1S/C24H22Cl3F3N2O3/c1-13(2)21(22(34)24(28,29)30)32-23(35)19(12-15-4-3-5-16(25)10-15)31-20(33)9-7-14-6-8-17(26)18(27)11-14/h3-11,13,19,21H,12H2,1-2H3,(H,31,33)(H,32,35)/t19-,21-/m0/s1. The maximum absolute atomic E-state index is 13.0. The van der Waals surface area contributed by atoms with E-state index < -0.39 is 41.8 Å². The van der Waals surface area contributed by atoms with Crippen molar-refractivity contribution < 1.29 is 27.6 Å². The fraction of sp³-hybridized carbons (Fsp3) is 0.292. The second kappa shape index (κ2) is 12.4. The van der Waals surface area contributed by atoms with Crippen LogP contribution >= 0.6 is 34.8 Å². The van der Waals surface area contributed by atoms with Gasteiger partial charge in [0.2, 0.25) is 11.8 Å². The van der Waals surface area contributed by atoms with E-state index >= 15 is 0 Å². The molecule has 0 spiro atoms. The van der Waals surface area contributed by atoms with E-state index in [2.05, 4.69) is 10.6 Å². The van der Waals surface area contributed by atoms with Gasteiger partial charge >= 0.3 is 6.18 Å². The Balaban J connectivity index is 2.25. The molecular weight excluding hydrogens is 528 g/mol. The van der Waals surface area contributed by atoms with E-state index in [1.807, 2.05) is 0 Å². The van der Waals surface area contributed by atoms with Crippen molar-refractivity contribution in [3.8, 4) is 0 Å². The molecule has 5 nitrogen and oxygen atoms in total. The zero-order valence-corrected chi connectivity index (χ0v) is 20.9. The number of carbonyl (C=O) groups excluding carboxylic acids is 3. The highest BCUT2D eigenvalue weighted by Crippen LogP contribution is 2.23. The Morgan fingerprint density at radius 1 is 0.971 bits per heavy atom. The summed E-state index contributed by atoms with van der Waals surface area (Å²) in [4.78, 5) is 37.3. The maximum atomic E-state index is 13.0.